The molecular weight excluding hydrogens is 217 g/mol. The lowest BCUT2D eigenvalue weighted by atomic mass is 9.94. The van der Waals surface area contributed by atoms with Crippen LogP contribution in [0.4, 0.5) is 4.39 Å². The highest BCUT2D eigenvalue weighted by atomic mass is 19.1. The first-order valence-electron chi connectivity index (χ1n) is 6.27. The SMILES string of the molecule is CNC(Cc1cccc(F)c1)CC1CCOC1. The van der Waals surface area contributed by atoms with Gasteiger partial charge in [0.1, 0.15) is 5.82 Å². The molecule has 0 amide bonds. The number of hydrogen-bond donors (Lipinski definition) is 1. The van der Waals surface area contributed by atoms with Crippen LogP contribution >= 0.6 is 0 Å². The van der Waals surface area contributed by atoms with E-state index in [9.17, 15) is 4.39 Å². The van der Waals surface area contributed by atoms with E-state index in [0.29, 0.717) is 12.0 Å². The second-order valence-electron chi connectivity index (χ2n) is 4.78. The number of halogens is 1. The van der Waals surface area contributed by atoms with Gasteiger partial charge >= 0.3 is 0 Å². The molecule has 2 nitrogen and oxygen atoms in total. The van der Waals surface area contributed by atoms with Crippen molar-refractivity contribution in [3.05, 3.63) is 35.6 Å². The van der Waals surface area contributed by atoms with Gasteiger partial charge < -0.3 is 10.1 Å². The number of hydrogen-bond acceptors (Lipinski definition) is 2. The van der Waals surface area contributed by atoms with Crippen molar-refractivity contribution >= 4 is 0 Å². The third kappa shape index (κ3) is 3.79. The molecule has 1 heterocycles. The normalized spacial score (nSPS) is 21.6. The van der Waals surface area contributed by atoms with Gasteiger partial charge in [-0.1, -0.05) is 12.1 Å². The van der Waals surface area contributed by atoms with Crippen LogP contribution < -0.4 is 5.32 Å². The van der Waals surface area contributed by atoms with Crippen molar-refractivity contribution in [2.45, 2.75) is 25.3 Å². The number of ether oxygens (including phenoxy) is 1. The molecule has 17 heavy (non-hydrogen) atoms. The summed E-state index contributed by atoms with van der Waals surface area (Å²) in [6, 6.07) is 7.27. The molecule has 2 rings (SSSR count). The Kier molecular flexibility index (Phi) is 4.51. The Bertz CT molecular complexity index is 350. The molecule has 1 saturated heterocycles. The molecule has 0 aliphatic carbocycles. The van der Waals surface area contributed by atoms with Gasteiger partial charge in [0.15, 0.2) is 0 Å². The van der Waals surface area contributed by atoms with Gasteiger partial charge in [0.2, 0.25) is 0 Å². The van der Waals surface area contributed by atoms with Gasteiger partial charge in [-0.3, -0.25) is 0 Å². The summed E-state index contributed by atoms with van der Waals surface area (Å²) in [5, 5.41) is 3.32. The van der Waals surface area contributed by atoms with Crippen molar-refractivity contribution in [2.75, 3.05) is 20.3 Å². The third-order valence-corrected chi connectivity index (χ3v) is 3.42. The Balaban J connectivity index is 1.90. The van der Waals surface area contributed by atoms with Crippen molar-refractivity contribution in [2.24, 2.45) is 5.92 Å². The van der Waals surface area contributed by atoms with Crippen LogP contribution in [0, 0.1) is 11.7 Å². The zero-order valence-electron chi connectivity index (χ0n) is 10.3. The van der Waals surface area contributed by atoms with Gasteiger partial charge in [-0.05, 0) is 49.9 Å². The quantitative estimate of drug-likeness (QED) is 0.849. The second-order valence-corrected chi connectivity index (χ2v) is 4.78. The smallest absolute Gasteiger partial charge is 0.123 e. The van der Waals surface area contributed by atoms with E-state index < -0.39 is 0 Å². The lowest BCUT2D eigenvalue weighted by Crippen LogP contribution is -2.30. The van der Waals surface area contributed by atoms with Crippen LogP contribution in [-0.4, -0.2) is 26.3 Å². The van der Waals surface area contributed by atoms with Gasteiger partial charge in [0, 0.05) is 19.3 Å². The van der Waals surface area contributed by atoms with Crippen molar-refractivity contribution in [1.29, 1.82) is 0 Å². The molecule has 94 valence electrons. The first kappa shape index (κ1) is 12.5. The topological polar surface area (TPSA) is 21.3 Å². The number of rotatable bonds is 5. The minimum atomic E-state index is -0.151. The van der Waals surface area contributed by atoms with Gasteiger partial charge in [0.25, 0.3) is 0 Å². The van der Waals surface area contributed by atoms with E-state index in [1.54, 1.807) is 12.1 Å². The Morgan fingerprint density at radius 3 is 3.06 bits per heavy atom. The largest absolute Gasteiger partial charge is 0.381 e. The average molecular weight is 237 g/mol. The Morgan fingerprint density at radius 2 is 2.41 bits per heavy atom. The van der Waals surface area contributed by atoms with Crippen molar-refractivity contribution < 1.29 is 9.13 Å². The van der Waals surface area contributed by atoms with E-state index in [-0.39, 0.29) is 5.82 Å². The van der Waals surface area contributed by atoms with Gasteiger partial charge in [-0.2, -0.15) is 0 Å². The molecule has 0 aromatic heterocycles. The van der Waals surface area contributed by atoms with Gasteiger partial charge in [-0.25, -0.2) is 4.39 Å². The highest BCUT2D eigenvalue weighted by molar-refractivity contribution is 5.17. The fourth-order valence-corrected chi connectivity index (χ4v) is 2.42. The predicted molar refractivity (Wildman–Crippen MR) is 66.5 cm³/mol. The standard InChI is InChI=1S/C14H20FNO/c1-16-14(9-12-5-6-17-10-12)8-11-3-2-4-13(15)7-11/h2-4,7,12,14,16H,5-6,8-10H2,1H3. The summed E-state index contributed by atoms with van der Waals surface area (Å²) in [6.45, 7) is 1.77. The lowest BCUT2D eigenvalue weighted by Gasteiger charge is -2.19. The van der Waals surface area contributed by atoms with E-state index in [1.807, 2.05) is 13.1 Å². The second kappa shape index (κ2) is 6.12. The van der Waals surface area contributed by atoms with E-state index in [2.05, 4.69) is 5.32 Å². The van der Waals surface area contributed by atoms with E-state index in [0.717, 1.165) is 38.0 Å². The maximum absolute atomic E-state index is 13.1. The molecule has 1 aliphatic rings. The fraction of sp³-hybridized carbons (Fsp3) is 0.571. The fourth-order valence-electron chi connectivity index (χ4n) is 2.42. The van der Waals surface area contributed by atoms with Crippen LogP contribution in [0.3, 0.4) is 0 Å². The van der Waals surface area contributed by atoms with Crippen LogP contribution in [-0.2, 0) is 11.2 Å². The van der Waals surface area contributed by atoms with Crippen LogP contribution in [0.5, 0.6) is 0 Å². The van der Waals surface area contributed by atoms with E-state index in [4.69, 9.17) is 4.74 Å². The molecule has 2 unspecified atom stereocenters. The van der Waals surface area contributed by atoms with Crippen molar-refractivity contribution in [1.82, 2.24) is 5.32 Å². The molecule has 1 aliphatic heterocycles. The lowest BCUT2D eigenvalue weighted by molar-refractivity contribution is 0.181. The minimum absolute atomic E-state index is 0.151. The Hall–Kier alpha value is -0.930. The number of benzene rings is 1. The Morgan fingerprint density at radius 1 is 1.53 bits per heavy atom. The maximum Gasteiger partial charge on any atom is 0.123 e. The van der Waals surface area contributed by atoms with Crippen molar-refractivity contribution in [3.63, 3.8) is 0 Å². The van der Waals surface area contributed by atoms with Crippen LogP contribution in [0.25, 0.3) is 0 Å². The molecule has 0 radical (unpaired) electrons. The average Bonchev–Trinajstić information content (AvgIpc) is 2.81. The summed E-state index contributed by atoms with van der Waals surface area (Å²) >= 11 is 0. The number of nitrogens with one attached hydrogen (secondary N) is 1. The summed E-state index contributed by atoms with van der Waals surface area (Å²) < 4.78 is 18.5. The molecule has 1 fully saturated rings. The predicted octanol–water partition coefficient (Wildman–Crippen LogP) is 2.38. The molecule has 0 spiro atoms. The molecule has 0 bridgehead atoms. The summed E-state index contributed by atoms with van der Waals surface area (Å²) in [6.07, 6.45) is 3.14. The summed E-state index contributed by atoms with van der Waals surface area (Å²) in [5.74, 6) is 0.502. The highest BCUT2D eigenvalue weighted by Crippen LogP contribution is 2.20. The summed E-state index contributed by atoms with van der Waals surface area (Å²) in [5.41, 5.74) is 1.06. The monoisotopic (exact) mass is 237 g/mol. The first-order chi connectivity index (χ1) is 8.28. The van der Waals surface area contributed by atoms with Crippen molar-refractivity contribution in [3.8, 4) is 0 Å². The van der Waals surface area contributed by atoms with E-state index >= 15 is 0 Å². The molecule has 3 heteroatoms. The Labute approximate surface area is 102 Å². The molecule has 1 aromatic rings. The summed E-state index contributed by atoms with van der Waals surface area (Å²) in [4.78, 5) is 0. The maximum atomic E-state index is 13.1. The van der Waals surface area contributed by atoms with E-state index in [1.165, 1.54) is 6.07 Å². The molecular formula is C14H20FNO. The molecule has 0 saturated carbocycles. The molecule has 2 atom stereocenters. The molecule has 1 aromatic carbocycles. The zero-order valence-corrected chi connectivity index (χ0v) is 10.3. The van der Waals surface area contributed by atoms with Crippen LogP contribution in [0.1, 0.15) is 18.4 Å². The zero-order chi connectivity index (χ0) is 12.1. The first-order valence-corrected chi connectivity index (χ1v) is 6.27. The summed E-state index contributed by atoms with van der Waals surface area (Å²) in [7, 11) is 1.97. The van der Waals surface area contributed by atoms with Gasteiger partial charge in [-0.15, -0.1) is 0 Å². The third-order valence-electron chi connectivity index (χ3n) is 3.42. The number of likely N-dealkylation sites (N-methyl/N-ethyl adjacent to an activating group) is 1. The van der Waals surface area contributed by atoms with Crippen LogP contribution in [0.2, 0.25) is 0 Å². The highest BCUT2D eigenvalue weighted by Gasteiger charge is 2.20. The minimum Gasteiger partial charge on any atom is -0.381 e. The van der Waals surface area contributed by atoms with Crippen LogP contribution in [0.15, 0.2) is 24.3 Å². The van der Waals surface area contributed by atoms with Gasteiger partial charge in [0.05, 0.1) is 0 Å². The molecule has 1 N–H and O–H groups in total.